The summed E-state index contributed by atoms with van der Waals surface area (Å²) in [6.45, 7) is 19.0. The van der Waals surface area contributed by atoms with Gasteiger partial charge >= 0.3 is 16.5 Å². The van der Waals surface area contributed by atoms with Crippen LogP contribution in [0.25, 0.3) is 28.5 Å². The molecule has 0 aliphatic rings. The Kier molecular flexibility index (Phi) is 9.81. The molecule has 0 aliphatic carbocycles. The third-order valence-corrected chi connectivity index (χ3v) is 5.62. The van der Waals surface area contributed by atoms with E-state index in [1.165, 1.54) is 11.1 Å². The summed E-state index contributed by atoms with van der Waals surface area (Å²) in [5.41, 5.74) is 8.16. The second-order valence-electron chi connectivity index (χ2n) is 10.5. The minimum absolute atomic E-state index is 0. The average Bonchev–Trinajstić information content (AvgIpc) is 2.84. The predicted octanol–water partition coefficient (Wildman–Crippen LogP) is 8.74. The van der Waals surface area contributed by atoms with Crippen molar-refractivity contribution in [3.63, 3.8) is 0 Å². The van der Waals surface area contributed by atoms with Crippen molar-refractivity contribution in [1.29, 1.82) is 0 Å². The first-order valence-corrected chi connectivity index (χ1v) is 11.7. The van der Waals surface area contributed by atoms with E-state index >= 15 is 0 Å². The van der Waals surface area contributed by atoms with Gasteiger partial charge < -0.3 is 0 Å². The van der Waals surface area contributed by atoms with Crippen LogP contribution in [0.1, 0.15) is 58.2 Å². The molecule has 0 saturated heterocycles. The summed E-state index contributed by atoms with van der Waals surface area (Å²) in [5, 5.41) is 0. The van der Waals surface area contributed by atoms with Gasteiger partial charge in [-0.2, -0.15) is 47.5 Å². The van der Waals surface area contributed by atoms with Crippen LogP contribution >= 0.6 is 0 Å². The van der Waals surface area contributed by atoms with Gasteiger partial charge in [0.1, 0.15) is 0 Å². The Hall–Kier alpha value is -2.96. The Bertz CT molecular complexity index is 1130. The largest absolute Gasteiger partial charge is 3.00 e. The molecular weight excluding hydrogens is 469 g/mol. The predicted molar refractivity (Wildman–Crippen MR) is 145 cm³/mol. The Morgan fingerprint density at radius 1 is 0.714 bits per heavy atom. The second-order valence-corrected chi connectivity index (χ2v) is 10.5. The topological polar surface area (TPSA) is 12.9 Å². The number of pyridine rings is 1. The summed E-state index contributed by atoms with van der Waals surface area (Å²) in [6.07, 6.45) is 3.48. The van der Waals surface area contributed by atoms with Gasteiger partial charge in [0.25, 0.3) is 0 Å². The fourth-order valence-electron chi connectivity index (χ4n) is 3.47. The van der Waals surface area contributed by atoms with Gasteiger partial charge in [-0.1, -0.05) is 70.9 Å². The standard InChI is InChI=1S/C17H11N.C16H23.Ni/c1-2-7-14(8-3-1)15-9-6-10-16(13-15)17-11-4-5-12-18-17;1-8-12-9-13(15(2,3)4)11-14(10-12)16(5,6)7;/h1-7,9-12H;1,8-11H,2-7H3;/q-2;-1;+3. The molecule has 0 unspecified atom stereocenters. The molecule has 35 heavy (non-hydrogen) atoms. The fraction of sp³-hybridized carbons (Fsp3) is 0.242. The normalized spacial score (nSPS) is 11.0. The van der Waals surface area contributed by atoms with Gasteiger partial charge in [-0.15, -0.1) is 35.9 Å². The van der Waals surface area contributed by atoms with Gasteiger partial charge in [0, 0.05) is 11.9 Å². The molecule has 0 spiro atoms. The molecule has 3 aromatic carbocycles. The average molecular weight is 503 g/mol. The number of rotatable bonds is 3. The van der Waals surface area contributed by atoms with Gasteiger partial charge in [-0.3, -0.25) is 11.6 Å². The minimum atomic E-state index is 0. The maximum absolute atomic E-state index is 5.65. The summed E-state index contributed by atoms with van der Waals surface area (Å²) >= 11 is 0. The van der Waals surface area contributed by atoms with Gasteiger partial charge in [-0.05, 0) is 16.9 Å². The van der Waals surface area contributed by atoms with Gasteiger partial charge in [-0.25, -0.2) is 11.6 Å². The molecule has 0 aliphatic heterocycles. The van der Waals surface area contributed by atoms with Crippen LogP contribution in [0.3, 0.4) is 0 Å². The molecule has 4 rings (SSSR count). The first-order valence-electron chi connectivity index (χ1n) is 11.7. The molecule has 0 amide bonds. The molecular formula is C33H34NNi. The second kappa shape index (κ2) is 12.1. The van der Waals surface area contributed by atoms with Crippen LogP contribution < -0.4 is 0 Å². The minimum Gasteiger partial charge on any atom is -0.295 e. The van der Waals surface area contributed by atoms with Crippen LogP contribution in [0.15, 0.2) is 85.1 Å². The molecule has 1 aromatic heterocycles. The van der Waals surface area contributed by atoms with Crippen molar-refractivity contribution in [2.45, 2.75) is 52.4 Å². The zero-order chi connectivity index (χ0) is 24.8. The van der Waals surface area contributed by atoms with Crippen molar-refractivity contribution in [3.05, 3.63) is 120 Å². The van der Waals surface area contributed by atoms with Crippen LogP contribution in [-0.4, -0.2) is 4.98 Å². The monoisotopic (exact) mass is 502 g/mol. The molecule has 0 N–H and O–H groups in total. The van der Waals surface area contributed by atoms with Crippen molar-refractivity contribution in [1.82, 2.24) is 4.98 Å². The Balaban J connectivity index is 0.000000242. The van der Waals surface area contributed by atoms with E-state index in [0.29, 0.717) is 0 Å². The fourth-order valence-corrected chi connectivity index (χ4v) is 3.47. The summed E-state index contributed by atoms with van der Waals surface area (Å²) in [6, 6.07) is 33.1. The molecule has 1 heterocycles. The van der Waals surface area contributed by atoms with Gasteiger partial charge in [0.2, 0.25) is 0 Å². The summed E-state index contributed by atoms with van der Waals surface area (Å²) in [7, 11) is 0. The van der Waals surface area contributed by atoms with E-state index in [1.807, 2.05) is 60.7 Å². The number of aromatic nitrogens is 1. The molecule has 0 bridgehead atoms. The Labute approximate surface area is 222 Å². The van der Waals surface area contributed by atoms with Crippen molar-refractivity contribution in [2.24, 2.45) is 0 Å². The van der Waals surface area contributed by atoms with Crippen LogP contribution in [-0.2, 0) is 27.3 Å². The first kappa shape index (κ1) is 28.3. The number of hydrogen-bond acceptors (Lipinski definition) is 1. The maximum Gasteiger partial charge on any atom is 3.00 e. The molecule has 181 valence electrons. The molecule has 1 radical (unpaired) electrons. The van der Waals surface area contributed by atoms with E-state index in [1.54, 1.807) is 12.3 Å². The van der Waals surface area contributed by atoms with E-state index in [-0.39, 0.29) is 27.3 Å². The molecule has 0 fully saturated rings. The Morgan fingerprint density at radius 2 is 1.31 bits per heavy atom. The van der Waals surface area contributed by atoms with Gasteiger partial charge in [0.15, 0.2) is 0 Å². The van der Waals surface area contributed by atoms with Crippen LogP contribution in [0, 0.1) is 18.7 Å². The SMILES string of the molecule is [CH-]=Cc1cc(C(C)(C)C)cc(C(C)(C)C)c1.[Ni+3].[c-]1ccccc1-c1[c-]c(-c2ccccn2)ccc1. The van der Waals surface area contributed by atoms with Crippen molar-refractivity contribution >= 4 is 6.08 Å². The van der Waals surface area contributed by atoms with Crippen molar-refractivity contribution in [3.8, 4) is 22.4 Å². The Morgan fingerprint density at radius 3 is 1.83 bits per heavy atom. The maximum atomic E-state index is 5.65. The van der Waals surface area contributed by atoms with E-state index in [2.05, 4.69) is 76.9 Å². The third kappa shape index (κ3) is 8.05. The van der Waals surface area contributed by atoms with Gasteiger partial charge in [0.05, 0.1) is 0 Å². The number of nitrogens with zero attached hydrogens (tertiary/aromatic N) is 1. The summed E-state index contributed by atoms with van der Waals surface area (Å²) in [4.78, 5) is 4.34. The molecule has 0 atom stereocenters. The zero-order valence-corrected chi connectivity index (χ0v) is 22.5. The van der Waals surface area contributed by atoms with Crippen LogP contribution in [0.4, 0.5) is 0 Å². The number of benzene rings is 3. The van der Waals surface area contributed by atoms with Crippen molar-refractivity contribution in [2.75, 3.05) is 0 Å². The summed E-state index contributed by atoms with van der Waals surface area (Å²) in [5.74, 6) is 0. The third-order valence-electron chi connectivity index (χ3n) is 5.62. The van der Waals surface area contributed by atoms with Crippen molar-refractivity contribution < 1.29 is 16.5 Å². The zero-order valence-electron chi connectivity index (χ0n) is 21.5. The van der Waals surface area contributed by atoms with E-state index in [9.17, 15) is 0 Å². The van der Waals surface area contributed by atoms with Crippen LogP contribution in [0.2, 0.25) is 0 Å². The quantitative estimate of drug-likeness (QED) is 0.201. The molecule has 4 aromatic rings. The molecule has 1 nitrogen and oxygen atoms in total. The van der Waals surface area contributed by atoms with Crippen LogP contribution in [0.5, 0.6) is 0 Å². The summed E-state index contributed by atoms with van der Waals surface area (Å²) < 4.78 is 0. The molecule has 2 heteroatoms. The first-order chi connectivity index (χ1) is 16.1. The van der Waals surface area contributed by atoms with E-state index < -0.39 is 0 Å². The van der Waals surface area contributed by atoms with E-state index in [4.69, 9.17) is 6.58 Å². The van der Waals surface area contributed by atoms with E-state index in [0.717, 1.165) is 27.9 Å². The number of hydrogen-bond donors (Lipinski definition) is 0. The smallest absolute Gasteiger partial charge is 0.295 e. The molecule has 0 saturated carbocycles.